The molecule has 2 aromatic carbocycles. The zero-order chi connectivity index (χ0) is 18.1. The first kappa shape index (κ1) is 16.9. The number of hydrogen-bond donors (Lipinski definition) is 0. The Morgan fingerprint density at radius 1 is 1.16 bits per heavy atom. The zero-order valence-corrected chi connectivity index (χ0v) is 14.1. The van der Waals surface area contributed by atoms with E-state index in [4.69, 9.17) is 16.3 Å². The van der Waals surface area contributed by atoms with Crippen LogP contribution in [0.5, 0.6) is 0 Å². The minimum absolute atomic E-state index is 0.0534. The molecule has 0 fully saturated rings. The maximum Gasteiger partial charge on any atom is 0.335 e. The van der Waals surface area contributed by atoms with Crippen LogP contribution in [0.15, 0.2) is 60.7 Å². The topological polar surface area (TPSA) is 63.7 Å². The predicted octanol–water partition coefficient (Wildman–Crippen LogP) is 3.34. The molecule has 5 nitrogen and oxygen atoms in total. The van der Waals surface area contributed by atoms with E-state index in [9.17, 15) is 14.4 Å². The van der Waals surface area contributed by atoms with E-state index in [0.29, 0.717) is 16.3 Å². The van der Waals surface area contributed by atoms with Crippen molar-refractivity contribution in [3.63, 3.8) is 0 Å². The molecule has 1 aliphatic heterocycles. The number of esters is 1. The third-order valence-corrected chi connectivity index (χ3v) is 4.26. The molecule has 1 aliphatic rings. The SMILES string of the molecule is C=C(C(=O)OC)[C@H](c1ccccc1)N1C(=O)C(=O)c2cc(Cl)ccc21. The molecule has 0 spiro atoms. The lowest BCUT2D eigenvalue weighted by Gasteiger charge is -2.29. The van der Waals surface area contributed by atoms with E-state index in [1.54, 1.807) is 36.4 Å². The van der Waals surface area contributed by atoms with E-state index in [1.807, 2.05) is 6.07 Å². The fourth-order valence-corrected chi connectivity index (χ4v) is 3.05. The van der Waals surface area contributed by atoms with Gasteiger partial charge in [-0.3, -0.25) is 14.5 Å². The number of ether oxygens (including phenoxy) is 1. The molecule has 3 rings (SSSR count). The summed E-state index contributed by atoms with van der Waals surface area (Å²) in [5, 5.41) is 0.352. The fourth-order valence-electron chi connectivity index (χ4n) is 2.87. The summed E-state index contributed by atoms with van der Waals surface area (Å²) in [5.41, 5.74) is 1.29. The van der Waals surface area contributed by atoms with E-state index in [0.717, 1.165) is 0 Å². The number of halogens is 1. The van der Waals surface area contributed by atoms with Crippen LogP contribution in [0.1, 0.15) is 22.0 Å². The van der Waals surface area contributed by atoms with Gasteiger partial charge in [0.1, 0.15) is 0 Å². The first-order valence-electron chi connectivity index (χ1n) is 7.45. The van der Waals surface area contributed by atoms with E-state index < -0.39 is 23.7 Å². The molecule has 0 saturated carbocycles. The number of benzene rings is 2. The maximum absolute atomic E-state index is 12.6. The van der Waals surface area contributed by atoms with Crippen LogP contribution in [0.2, 0.25) is 5.02 Å². The average Bonchev–Trinajstić information content (AvgIpc) is 2.87. The summed E-state index contributed by atoms with van der Waals surface area (Å²) in [6, 6.07) is 12.6. The summed E-state index contributed by atoms with van der Waals surface area (Å²) in [6.07, 6.45) is 0. The number of amides is 1. The number of carbonyl (C=O) groups is 3. The second-order valence-corrected chi connectivity index (χ2v) is 5.93. The van der Waals surface area contributed by atoms with Crippen LogP contribution in [0.3, 0.4) is 0 Å². The van der Waals surface area contributed by atoms with E-state index in [-0.39, 0.29) is 11.1 Å². The summed E-state index contributed by atoms with van der Waals surface area (Å²) >= 11 is 5.94. The van der Waals surface area contributed by atoms with Crippen molar-refractivity contribution in [1.82, 2.24) is 0 Å². The molecule has 0 aromatic heterocycles. The Morgan fingerprint density at radius 3 is 2.48 bits per heavy atom. The minimum Gasteiger partial charge on any atom is -0.466 e. The summed E-state index contributed by atoms with van der Waals surface area (Å²) < 4.78 is 4.76. The number of Topliss-reactive ketones (excluding diaryl/α,β-unsaturated/α-hetero) is 1. The van der Waals surface area contributed by atoms with Crippen molar-refractivity contribution in [2.24, 2.45) is 0 Å². The third kappa shape index (κ3) is 2.83. The summed E-state index contributed by atoms with van der Waals surface area (Å²) in [7, 11) is 1.24. The molecule has 1 amide bonds. The number of anilines is 1. The molecule has 0 aliphatic carbocycles. The minimum atomic E-state index is -0.854. The average molecular weight is 356 g/mol. The number of ketones is 1. The lowest BCUT2D eigenvalue weighted by Crippen LogP contribution is -2.36. The monoisotopic (exact) mass is 355 g/mol. The maximum atomic E-state index is 12.6. The standard InChI is InChI=1S/C19H14ClNO4/c1-11(19(24)25-2)16(12-6-4-3-5-7-12)21-15-9-8-13(20)10-14(15)17(22)18(21)23/h3-10,16H,1H2,2H3/t16-/m1/s1. The van der Waals surface area contributed by atoms with Crippen molar-refractivity contribution in [3.8, 4) is 0 Å². The first-order valence-corrected chi connectivity index (χ1v) is 7.83. The second kappa shape index (κ2) is 6.53. The van der Waals surface area contributed by atoms with Gasteiger partial charge in [-0.2, -0.15) is 0 Å². The smallest absolute Gasteiger partial charge is 0.335 e. The molecule has 0 N–H and O–H groups in total. The van der Waals surface area contributed by atoms with Gasteiger partial charge in [0.05, 0.1) is 30.0 Å². The number of rotatable bonds is 4. The van der Waals surface area contributed by atoms with Crippen LogP contribution in [0.4, 0.5) is 5.69 Å². The van der Waals surface area contributed by atoms with Crippen LogP contribution in [0, 0.1) is 0 Å². The number of fused-ring (bicyclic) bond motifs is 1. The van der Waals surface area contributed by atoms with Gasteiger partial charge in [-0.25, -0.2) is 4.79 Å². The van der Waals surface area contributed by atoms with Crippen molar-refractivity contribution in [2.75, 3.05) is 12.0 Å². The van der Waals surface area contributed by atoms with Gasteiger partial charge in [-0.1, -0.05) is 48.5 Å². The van der Waals surface area contributed by atoms with Gasteiger partial charge >= 0.3 is 5.97 Å². The van der Waals surface area contributed by atoms with Gasteiger partial charge in [-0.05, 0) is 23.8 Å². The Bertz CT molecular complexity index is 892. The molecule has 1 atom stereocenters. The fraction of sp³-hybridized carbons (Fsp3) is 0.105. The predicted molar refractivity (Wildman–Crippen MR) is 93.6 cm³/mol. The van der Waals surface area contributed by atoms with Crippen LogP contribution in [-0.4, -0.2) is 24.8 Å². The largest absolute Gasteiger partial charge is 0.466 e. The first-order chi connectivity index (χ1) is 12.0. The molecule has 2 aromatic rings. The Morgan fingerprint density at radius 2 is 1.84 bits per heavy atom. The summed E-state index contributed by atoms with van der Waals surface area (Å²) in [4.78, 5) is 38.3. The number of carbonyl (C=O) groups excluding carboxylic acids is 3. The van der Waals surface area contributed by atoms with Crippen LogP contribution >= 0.6 is 11.6 Å². The van der Waals surface area contributed by atoms with Gasteiger partial charge in [0.25, 0.3) is 11.7 Å². The lowest BCUT2D eigenvalue weighted by atomic mass is 9.98. The Labute approximate surface area is 149 Å². The van der Waals surface area contributed by atoms with Crippen molar-refractivity contribution < 1.29 is 19.1 Å². The normalized spacial score (nSPS) is 14.2. The molecule has 0 radical (unpaired) electrons. The van der Waals surface area contributed by atoms with Crippen LogP contribution in [-0.2, 0) is 14.3 Å². The third-order valence-electron chi connectivity index (χ3n) is 4.03. The number of nitrogens with zero attached hydrogens (tertiary/aromatic N) is 1. The van der Waals surface area contributed by atoms with Crippen LogP contribution < -0.4 is 4.90 Å². The highest BCUT2D eigenvalue weighted by molar-refractivity contribution is 6.53. The second-order valence-electron chi connectivity index (χ2n) is 5.50. The summed E-state index contributed by atoms with van der Waals surface area (Å²) in [6.45, 7) is 3.79. The van der Waals surface area contributed by atoms with Gasteiger partial charge in [0, 0.05) is 5.02 Å². The summed E-state index contributed by atoms with van der Waals surface area (Å²) in [5.74, 6) is -2.07. The highest BCUT2D eigenvalue weighted by Crippen LogP contribution is 2.40. The molecule has 6 heteroatoms. The zero-order valence-electron chi connectivity index (χ0n) is 13.4. The van der Waals surface area contributed by atoms with E-state index in [2.05, 4.69) is 6.58 Å². The Kier molecular flexibility index (Phi) is 4.42. The van der Waals surface area contributed by atoms with Crippen molar-refractivity contribution in [1.29, 1.82) is 0 Å². The molecule has 25 heavy (non-hydrogen) atoms. The molecule has 0 saturated heterocycles. The van der Waals surface area contributed by atoms with Crippen molar-refractivity contribution in [3.05, 3.63) is 76.8 Å². The van der Waals surface area contributed by atoms with Gasteiger partial charge in [-0.15, -0.1) is 0 Å². The van der Waals surface area contributed by atoms with Crippen LogP contribution in [0.25, 0.3) is 0 Å². The Balaban J connectivity index is 2.18. The molecule has 0 bridgehead atoms. The highest BCUT2D eigenvalue weighted by Gasteiger charge is 2.42. The lowest BCUT2D eigenvalue weighted by molar-refractivity contribution is -0.136. The van der Waals surface area contributed by atoms with Crippen molar-refractivity contribution >= 4 is 34.9 Å². The molecular weight excluding hydrogens is 342 g/mol. The molecule has 1 heterocycles. The number of methoxy groups -OCH3 is 1. The van der Waals surface area contributed by atoms with Gasteiger partial charge in [0.15, 0.2) is 0 Å². The van der Waals surface area contributed by atoms with E-state index >= 15 is 0 Å². The molecule has 126 valence electrons. The van der Waals surface area contributed by atoms with Gasteiger partial charge in [0.2, 0.25) is 0 Å². The Hall–Kier alpha value is -2.92. The van der Waals surface area contributed by atoms with Gasteiger partial charge < -0.3 is 4.74 Å². The quantitative estimate of drug-likeness (QED) is 0.479. The molecular formula is C19H14ClNO4. The number of hydrogen-bond acceptors (Lipinski definition) is 4. The van der Waals surface area contributed by atoms with E-state index in [1.165, 1.54) is 18.1 Å². The highest BCUT2D eigenvalue weighted by atomic mass is 35.5. The van der Waals surface area contributed by atoms with Crippen molar-refractivity contribution in [2.45, 2.75) is 6.04 Å². The molecule has 0 unspecified atom stereocenters.